The lowest BCUT2D eigenvalue weighted by atomic mass is 9.90. The number of methoxy groups -OCH3 is 1. The van der Waals surface area contributed by atoms with Crippen molar-refractivity contribution < 1.29 is 18.7 Å². The number of aromatic nitrogens is 1. The van der Waals surface area contributed by atoms with Crippen LogP contribution in [0.2, 0.25) is 0 Å². The van der Waals surface area contributed by atoms with E-state index in [2.05, 4.69) is 10.3 Å². The van der Waals surface area contributed by atoms with Crippen LogP contribution < -0.4 is 10.1 Å². The lowest BCUT2D eigenvalue weighted by Gasteiger charge is -2.27. The Morgan fingerprint density at radius 1 is 1.30 bits per heavy atom. The van der Waals surface area contributed by atoms with E-state index in [4.69, 9.17) is 9.47 Å². The maximum Gasteiger partial charge on any atom is 0.340 e. The van der Waals surface area contributed by atoms with Crippen molar-refractivity contribution in [2.24, 2.45) is 0 Å². The zero-order valence-electron chi connectivity index (χ0n) is 16.9. The average molecular weight is 406 g/mol. The Balaban J connectivity index is 1.57. The van der Waals surface area contributed by atoms with E-state index in [-0.39, 0.29) is 11.7 Å². The van der Waals surface area contributed by atoms with Gasteiger partial charge in [-0.15, -0.1) is 0 Å². The molecule has 1 N–H and O–H groups in total. The Kier molecular flexibility index (Phi) is 5.65. The number of nitrogens with zero attached hydrogens (tertiary/aromatic N) is 1. The van der Waals surface area contributed by atoms with Gasteiger partial charge in [0.05, 0.1) is 31.2 Å². The van der Waals surface area contributed by atoms with Gasteiger partial charge >= 0.3 is 5.97 Å². The Hall–Kier alpha value is -3.41. The lowest BCUT2D eigenvalue weighted by molar-refractivity contribution is 0.0601. The Labute approximate surface area is 174 Å². The Morgan fingerprint density at radius 3 is 3.00 bits per heavy atom. The highest BCUT2D eigenvalue weighted by Gasteiger charge is 2.23. The van der Waals surface area contributed by atoms with E-state index in [0.717, 1.165) is 28.9 Å². The van der Waals surface area contributed by atoms with Gasteiger partial charge in [-0.05, 0) is 53.8 Å². The molecule has 0 saturated carbocycles. The maximum atomic E-state index is 14.0. The Bertz CT molecular complexity index is 1080. The molecule has 3 aromatic rings. The smallest absolute Gasteiger partial charge is 0.340 e. The summed E-state index contributed by atoms with van der Waals surface area (Å²) in [6.45, 7) is 3.01. The molecule has 0 saturated heterocycles. The summed E-state index contributed by atoms with van der Waals surface area (Å²) < 4.78 is 24.7. The Morgan fingerprint density at radius 2 is 2.17 bits per heavy atom. The van der Waals surface area contributed by atoms with Crippen molar-refractivity contribution in [1.29, 1.82) is 0 Å². The van der Waals surface area contributed by atoms with Crippen molar-refractivity contribution >= 4 is 11.7 Å². The van der Waals surface area contributed by atoms with E-state index in [9.17, 15) is 9.18 Å². The van der Waals surface area contributed by atoms with Gasteiger partial charge in [0, 0.05) is 18.7 Å². The number of pyridine rings is 1. The summed E-state index contributed by atoms with van der Waals surface area (Å²) in [7, 11) is 1.36. The van der Waals surface area contributed by atoms with Crippen LogP contribution in [0.4, 0.5) is 10.1 Å². The highest BCUT2D eigenvalue weighted by molar-refractivity contribution is 5.95. The molecule has 30 heavy (non-hydrogen) atoms. The molecule has 0 fully saturated rings. The van der Waals surface area contributed by atoms with Gasteiger partial charge in [-0.25, -0.2) is 9.18 Å². The lowest BCUT2D eigenvalue weighted by Crippen LogP contribution is -2.21. The van der Waals surface area contributed by atoms with Gasteiger partial charge in [-0.3, -0.25) is 4.98 Å². The number of carbonyl (C=O) groups is 1. The van der Waals surface area contributed by atoms with Crippen molar-refractivity contribution in [3.05, 3.63) is 77.4 Å². The van der Waals surface area contributed by atoms with Crippen LogP contribution in [0.1, 0.15) is 33.8 Å². The first-order valence-corrected chi connectivity index (χ1v) is 9.87. The van der Waals surface area contributed by atoms with Gasteiger partial charge in [0.15, 0.2) is 0 Å². The number of hydrogen-bond acceptors (Lipinski definition) is 5. The first kappa shape index (κ1) is 19.9. The van der Waals surface area contributed by atoms with E-state index >= 15 is 0 Å². The number of fused-ring (bicyclic) bond motifs is 1. The summed E-state index contributed by atoms with van der Waals surface area (Å²) in [5.41, 5.74) is 4.61. The maximum absolute atomic E-state index is 14.0. The molecule has 2 aromatic carbocycles. The van der Waals surface area contributed by atoms with E-state index in [0.29, 0.717) is 30.0 Å². The van der Waals surface area contributed by atoms with Crippen molar-refractivity contribution in [2.75, 3.05) is 25.6 Å². The van der Waals surface area contributed by atoms with E-state index in [1.54, 1.807) is 31.5 Å². The molecule has 154 valence electrons. The third kappa shape index (κ3) is 3.85. The zero-order valence-corrected chi connectivity index (χ0v) is 16.9. The van der Waals surface area contributed by atoms with Crippen LogP contribution in [0.3, 0.4) is 0 Å². The molecule has 0 aliphatic carbocycles. The molecule has 1 atom stereocenters. The summed E-state index contributed by atoms with van der Waals surface area (Å²) >= 11 is 0. The summed E-state index contributed by atoms with van der Waals surface area (Å²) in [6.07, 6.45) is 4.05. The highest BCUT2D eigenvalue weighted by atomic mass is 19.1. The minimum atomic E-state index is -0.401. The topological polar surface area (TPSA) is 60.5 Å². The van der Waals surface area contributed by atoms with Crippen molar-refractivity contribution in [3.63, 3.8) is 0 Å². The van der Waals surface area contributed by atoms with Gasteiger partial charge in [-0.2, -0.15) is 0 Å². The molecule has 0 spiro atoms. The number of hydrogen-bond donors (Lipinski definition) is 1. The number of anilines is 1. The van der Waals surface area contributed by atoms with E-state index < -0.39 is 5.97 Å². The van der Waals surface area contributed by atoms with E-state index in [1.165, 1.54) is 13.2 Å². The minimum Gasteiger partial charge on any atom is -0.493 e. The third-order valence-electron chi connectivity index (χ3n) is 5.52. The van der Waals surface area contributed by atoms with Crippen molar-refractivity contribution in [3.8, 4) is 16.9 Å². The fourth-order valence-corrected chi connectivity index (χ4v) is 3.82. The van der Waals surface area contributed by atoms with Crippen molar-refractivity contribution in [2.45, 2.75) is 19.3 Å². The van der Waals surface area contributed by atoms with Crippen LogP contribution in [0.25, 0.3) is 11.1 Å². The molecule has 0 bridgehead atoms. The number of nitrogens with one attached hydrogen (secondary N) is 1. The van der Waals surface area contributed by atoms with Crippen LogP contribution in [-0.2, 0) is 4.74 Å². The van der Waals surface area contributed by atoms with Crippen LogP contribution in [0, 0.1) is 12.7 Å². The van der Waals surface area contributed by atoms with Crippen LogP contribution >= 0.6 is 0 Å². The molecule has 6 heteroatoms. The second-order valence-corrected chi connectivity index (χ2v) is 7.29. The van der Waals surface area contributed by atoms with Crippen LogP contribution in [0.15, 0.2) is 54.9 Å². The number of carbonyl (C=O) groups excluding carboxylic acids is 1. The molecular weight excluding hydrogens is 383 g/mol. The van der Waals surface area contributed by atoms with Gasteiger partial charge in [0.25, 0.3) is 0 Å². The SMILES string of the molecule is COC(=O)c1ccncc1NC[C@@H]1CCOc2cc(-c3cccc(F)c3C)ccc21. The molecule has 0 amide bonds. The monoisotopic (exact) mass is 406 g/mol. The largest absolute Gasteiger partial charge is 0.493 e. The number of ether oxygens (including phenoxy) is 2. The number of halogens is 1. The summed E-state index contributed by atoms with van der Waals surface area (Å²) in [4.78, 5) is 16.1. The van der Waals surface area contributed by atoms with Gasteiger partial charge in [0.1, 0.15) is 11.6 Å². The molecule has 1 aliphatic rings. The highest BCUT2D eigenvalue weighted by Crippen LogP contribution is 2.38. The second kappa shape index (κ2) is 8.53. The molecule has 0 radical (unpaired) electrons. The molecule has 2 heterocycles. The predicted molar refractivity (Wildman–Crippen MR) is 113 cm³/mol. The number of esters is 1. The van der Waals surface area contributed by atoms with E-state index in [1.807, 2.05) is 24.3 Å². The molecular formula is C24H23FN2O3. The normalized spacial score (nSPS) is 15.1. The second-order valence-electron chi connectivity index (χ2n) is 7.29. The van der Waals surface area contributed by atoms with Crippen LogP contribution in [-0.4, -0.2) is 31.2 Å². The first-order chi connectivity index (χ1) is 14.6. The molecule has 4 rings (SSSR count). The molecule has 1 aliphatic heterocycles. The van der Waals surface area contributed by atoms with Gasteiger partial charge in [0.2, 0.25) is 0 Å². The average Bonchev–Trinajstić information content (AvgIpc) is 2.78. The summed E-state index contributed by atoms with van der Waals surface area (Å²) in [6, 6.07) is 12.8. The third-order valence-corrected chi connectivity index (χ3v) is 5.52. The molecule has 5 nitrogen and oxygen atoms in total. The van der Waals surface area contributed by atoms with Gasteiger partial charge < -0.3 is 14.8 Å². The first-order valence-electron chi connectivity index (χ1n) is 9.87. The van der Waals surface area contributed by atoms with Crippen LogP contribution in [0.5, 0.6) is 5.75 Å². The fourth-order valence-electron chi connectivity index (χ4n) is 3.82. The number of rotatable bonds is 5. The summed E-state index contributed by atoms with van der Waals surface area (Å²) in [5, 5.41) is 3.33. The molecule has 1 aromatic heterocycles. The number of benzene rings is 2. The van der Waals surface area contributed by atoms with Crippen molar-refractivity contribution in [1.82, 2.24) is 4.98 Å². The zero-order chi connectivity index (χ0) is 21.1. The quantitative estimate of drug-likeness (QED) is 0.607. The van der Waals surface area contributed by atoms with Gasteiger partial charge in [-0.1, -0.05) is 24.3 Å². The standard InChI is InChI=1S/C24H23FN2O3/c1-15-18(4-3-5-21(15)25)16-6-7-19-17(9-11-30-23(19)12-16)13-27-22-14-26-10-8-20(22)24(28)29-2/h3-8,10,12,14,17,27H,9,11,13H2,1-2H3/t17-/m0/s1. The minimum absolute atomic E-state index is 0.210. The molecule has 0 unspecified atom stereocenters. The predicted octanol–water partition coefficient (Wildman–Crippen LogP) is 4.96. The summed E-state index contributed by atoms with van der Waals surface area (Å²) in [5.74, 6) is 0.407. The fraction of sp³-hybridized carbons (Fsp3) is 0.250.